The van der Waals surface area contributed by atoms with E-state index in [1.807, 2.05) is 0 Å². The van der Waals surface area contributed by atoms with E-state index in [-0.39, 0.29) is 33.9 Å². The number of carboxylic acids is 1. The van der Waals surface area contributed by atoms with Gasteiger partial charge in [0.1, 0.15) is 0 Å². The number of rotatable bonds is 5. The van der Waals surface area contributed by atoms with Crippen LogP contribution in [0, 0.1) is 0 Å². The van der Waals surface area contributed by atoms with Crippen molar-refractivity contribution in [3.05, 3.63) is 40.4 Å². The van der Waals surface area contributed by atoms with Crippen LogP contribution in [0.5, 0.6) is 0 Å². The zero-order chi connectivity index (χ0) is 17.2. The maximum Gasteiger partial charge on any atom is 0.339 e. The summed E-state index contributed by atoms with van der Waals surface area (Å²) in [5.74, 6) is -1.91. The maximum absolute atomic E-state index is 12.5. The average molecular weight is 360 g/mol. The van der Waals surface area contributed by atoms with E-state index in [1.165, 1.54) is 24.3 Å². The molecule has 124 valence electrons. The lowest BCUT2D eigenvalue weighted by Gasteiger charge is -2.15. The molecule has 2 rings (SSSR count). The van der Waals surface area contributed by atoms with Gasteiger partial charge in [-0.15, -0.1) is 0 Å². The molecule has 1 atom stereocenters. The molecule has 0 amide bonds. The fraction of sp³-hybridized carbons (Fsp3) is 0.286. The number of carbonyl (C=O) groups excluding carboxylic acids is 1. The molecule has 0 fully saturated rings. The fourth-order valence-corrected chi connectivity index (χ4v) is 3.87. The van der Waals surface area contributed by atoms with Gasteiger partial charge in [0.15, 0.2) is 0 Å². The number of ether oxygens (including phenoxy) is 1. The third-order valence-corrected chi connectivity index (χ3v) is 5.16. The Morgan fingerprint density at radius 2 is 2.09 bits per heavy atom. The van der Waals surface area contributed by atoms with Crippen molar-refractivity contribution < 1.29 is 27.9 Å². The lowest BCUT2D eigenvalue weighted by molar-refractivity contribution is -0.132. The number of hydrogen-bond acceptors (Lipinski definition) is 5. The van der Waals surface area contributed by atoms with Crippen molar-refractivity contribution in [2.75, 3.05) is 7.11 Å². The molecule has 0 spiro atoms. The van der Waals surface area contributed by atoms with Crippen molar-refractivity contribution in [1.82, 2.24) is 4.72 Å². The fourth-order valence-electron chi connectivity index (χ4n) is 2.27. The number of carbonyl (C=O) groups is 2. The van der Waals surface area contributed by atoms with Gasteiger partial charge in [-0.3, -0.25) is 0 Å². The zero-order valence-electron chi connectivity index (χ0n) is 12.1. The SMILES string of the molecule is COC(=O)c1cc(Cl)ccc1S(=O)(=O)NC1CC=C(C(=O)O)C1. The molecule has 9 heteroatoms. The highest BCUT2D eigenvalue weighted by atomic mass is 35.5. The van der Waals surface area contributed by atoms with Gasteiger partial charge in [-0.2, -0.15) is 0 Å². The number of methoxy groups -OCH3 is 1. The van der Waals surface area contributed by atoms with E-state index < -0.39 is 28.0 Å². The van der Waals surface area contributed by atoms with Crippen LogP contribution in [-0.4, -0.2) is 38.6 Å². The van der Waals surface area contributed by atoms with Crippen LogP contribution in [0.2, 0.25) is 5.02 Å². The topological polar surface area (TPSA) is 110 Å². The molecule has 0 saturated carbocycles. The van der Waals surface area contributed by atoms with E-state index in [4.69, 9.17) is 16.7 Å². The lowest BCUT2D eigenvalue weighted by Crippen LogP contribution is -2.34. The second-order valence-electron chi connectivity index (χ2n) is 4.92. The first-order valence-electron chi connectivity index (χ1n) is 6.57. The van der Waals surface area contributed by atoms with Crippen molar-refractivity contribution in [2.24, 2.45) is 0 Å². The number of hydrogen-bond donors (Lipinski definition) is 2. The van der Waals surface area contributed by atoms with Crippen molar-refractivity contribution in [3.63, 3.8) is 0 Å². The zero-order valence-corrected chi connectivity index (χ0v) is 13.6. The molecular formula is C14H14ClNO6S. The molecule has 1 aliphatic rings. The maximum atomic E-state index is 12.5. The van der Waals surface area contributed by atoms with Crippen LogP contribution in [-0.2, 0) is 19.6 Å². The Labute approximate surface area is 138 Å². The minimum Gasteiger partial charge on any atom is -0.478 e. The standard InChI is InChI=1S/C14H14ClNO6S/c1-22-14(19)11-7-9(15)3-5-12(11)23(20,21)16-10-4-2-8(6-10)13(17)18/h2-3,5,7,10,16H,4,6H2,1H3,(H,17,18). The Morgan fingerprint density at radius 3 is 2.65 bits per heavy atom. The Hall–Kier alpha value is -1.90. The summed E-state index contributed by atoms with van der Waals surface area (Å²) in [5.41, 5.74) is -0.0288. The predicted octanol–water partition coefficient (Wildman–Crippen LogP) is 1.58. The van der Waals surface area contributed by atoms with Crippen molar-refractivity contribution >= 4 is 33.6 Å². The van der Waals surface area contributed by atoms with Crippen molar-refractivity contribution in [3.8, 4) is 0 Å². The molecule has 0 heterocycles. The molecule has 0 aliphatic heterocycles. The van der Waals surface area contributed by atoms with Crippen molar-refractivity contribution in [1.29, 1.82) is 0 Å². The van der Waals surface area contributed by atoms with Gasteiger partial charge in [0, 0.05) is 16.6 Å². The molecular weight excluding hydrogens is 346 g/mol. The number of nitrogens with one attached hydrogen (secondary N) is 1. The summed E-state index contributed by atoms with van der Waals surface area (Å²) in [7, 11) is -2.90. The van der Waals surface area contributed by atoms with Crippen LogP contribution in [0.15, 0.2) is 34.7 Å². The second-order valence-corrected chi connectivity index (χ2v) is 7.04. The second kappa shape index (κ2) is 6.69. The van der Waals surface area contributed by atoms with Gasteiger partial charge < -0.3 is 9.84 Å². The molecule has 0 bridgehead atoms. The van der Waals surface area contributed by atoms with Crippen LogP contribution in [0.1, 0.15) is 23.2 Å². The van der Waals surface area contributed by atoms with E-state index >= 15 is 0 Å². The van der Waals surface area contributed by atoms with Crippen LogP contribution < -0.4 is 4.72 Å². The molecule has 23 heavy (non-hydrogen) atoms. The van der Waals surface area contributed by atoms with E-state index in [2.05, 4.69) is 9.46 Å². The first kappa shape index (κ1) is 17.5. The summed E-state index contributed by atoms with van der Waals surface area (Å²) in [6.45, 7) is 0. The van der Waals surface area contributed by atoms with Gasteiger partial charge in [-0.05, 0) is 31.0 Å². The van der Waals surface area contributed by atoms with Gasteiger partial charge >= 0.3 is 11.9 Å². The molecule has 1 aliphatic carbocycles. The number of carboxylic acid groups (broad SMARTS) is 1. The Morgan fingerprint density at radius 1 is 1.39 bits per heavy atom. The monoisotopic (exact) mass is 359 g/mol. The molecule has 1 aromatic carbocycles. The van der Waals surface area contributed by atoms with E-state index in [1.54, 1.807) is 0 Å². The highest BCUT2D eigenvalue weighted by molar-refractivity contribution is 7.89. The number of sulfonamides is 1. The quantitative estimate of drug-likeness (QED) is 0.772. The van der Waals surface area contributed by atoms with Crippen LogP contribution in [0.25, 0.3) is 0 Å². The van der Waals surface area contributed by atoms with Gasteiger partial charge in [-0.1, -0.05) is 17.7 Å². The molecule has 7 nitrogen and oxygen atoms in total. The normalized spacial score (nSPS) is 17.7. The van der Waals surface area contributed by atoms with Crippen molar-refractivity contribution in [2.45, 2.75) is 23.8 Å². The molecule has 2 N–H and O–H groups in total. The van der Waals surface area contributed by atoms with E-state index in [0.29, 0.717) is 0 Å². The molecule has 1 aromatic rings. The number of aliphatic carboxylic acids is 1. The van der Waals surface area contributed by atoms with Gasteiger partial charge in [0.25, 0.3) is 0 Å². The summed E-state index contributed by atoms with van der Waals surface area (Å²) >= 11 is 5.80. The first-order chi connectivity index (χ1) is 10.7. The van der Waals surface area contributed by atoms with Gasteiger partial charge in [0.05, 0.1) is 17.6 Å². The summed E-state index contributed by atoms with van der Waals surface area (Å²) in [6.07, 6.45) is 1.82. The average Bonchev–Trinajstić information content (AvgIpc) is 2.94. The smallest absolute Gasteiger partial charge is 0.339 e. The first-order valence-corrected chi connectivity index (χ1v) is 8.43. The minimum absolute atomic E-state index is 0.0791. The summed E-state index contributed by atoms with van der Waals surface area (Å²) in [6, 6.07) is 3.18. The van der Waals surface area contributed by atoms with Crippen LogP contribution >= 0.6 is 11.6 Å². The summed E-state index contributed by atoms with van der Waals surface area (Å²) in [4.78, 5) is 22.4. The largest absolute Gasteiger partial charge is 0.478 e. The highest BCUT2D eigenvalue weighted by Crippen LogP contribution is 2.24. The minimum atomic E-state index is -4.03. The summed E-state index contributed by atoms with van der Waals surface area (Å²) < 4.78 is 31.9. The van der Waals surface area contributed by atoms with Gasteiger partial charge in [0.2, 0.25) is 10.0 Å². The molecule has 0 radical (unpaired) electrons. The number of benzene rings is 1. The molecule has 0 saturated heterocycles. The van der Waals surface area contributed by atoms with E-state index in [0.717, 1.165) is 7.11 Å². The molecule has 1 unspecified atom stereocenters. The number of halogens is 1. The highest BCUT2D eigenvalue weighted by Gasteiger charge is 2.29. The Bertz CT molecular complexity index is 786. The molecule has 0 aromatic heterocycles. The summed E-state index contributed by atoms with van der Waals surface area (Å²) in [5, 5.41) is 9.10. The third-order valence-electron chi connectivity index (χ3n) is 3.35. The van der Waals surface area contributed by atoms with Crippen LogP contribution in [0.4, 0.5) is 0 Å². The lowest BCUT2D eigenvalue weighted by atomic mass is 10.2. The van der Waals surface area contributed by atoms with Crippen LogP contribution in [0.3, 0.4) is 0 Å². The Kier molecular flexibility index (Phi) is 5.08. The predicted molar refractivity (Wildman–Crippen MR) is 81.9 cm³/mol. The third kappa shape index (κ3) is 3.90. The van der Waals surface area contributed by atoms with Gasteiger partial charge in [-0.25, -0.2) is 22.7 Å². The van der Waals surface area contributed by atoms with E-state index in [9.17, 15) is 18.0 Å². The Balaban J connectivity index is 2.27. The number of esters is 1.